The SMILES string of the molecule is Cc1ccc(CN2C(=O)CON=C2c2ccc(N(C)C)cc2)cc1. The van der Waals surface area contributed by atoms with Crippen molar-refractivity contribution in [1.82, 2.24) is 4.90 Å². The first-order valence-electron chi connectivity index (χ1n) is 7.88. The van der Waals surface area contributed by atoms with Crippen LogP contribution in [0.4, 0.5) is 5.69 Å². The van der Waals surface area contributed by atoms with Gasteiger partial charge >= 0.3 is 0 Å². The van der Waals surface area contributed by atoms with Crippen LogP contribution in [0, 0.1) is 6.92 Å². The molecule has 0 N–H and O–H groups in total. The van der Waals surface area contributed by atoms with E-state index in [0.717, 1.165) is 16.8 Å². The number of hydrogen-bond acceptors (Lipinski definition) is 4. The number of benzene rings is 2. The van der Waals surface area contributed by atoms with Gasteiger partial charge in [-0.15, -0.1) is 0 Å². The van der Waals surface area contributed by atoms with Gasteiger partial charge in [-0.25, -0.2) is 0 Å². The predicted octanol–water partition coefficient (Wildman–Crippen LogP) is 2.78. The fourth-order valence-electron chi connectivity index (χ4n) is 2.55. The van der Waals surface area contributed by atoms with Crippen LogP contribution in [-0.4, -0.2) is 37.3 Å². The maximum absolute atomic E-state index is 12.3. The summed E-state index contributed by atoms with van der Waals surface area (Å²) >= 11 is 0. The number of oxime groups is 1. The fraction of sp³-hybridized carbons (Fsp3) is 0.263. The zero-order valence-corrected chi connectivity index (χ0v) is 14.2. The van der Waals surface area contributed by atoms with E-state index in [0.29, 0.717) is 12.4 Å². The van der Waals surface area contributed by atoms with Gasteiger partial charge in [0.2, 0.25) is 0 Å². The van der Waals surface area contributed by atoms with Crippen molar-refractivity contribution in [3.8, 4) is 0 Å². The van der Waals surface area contributed by atoms with Gasteiger partial charge in [0, 0.05) is 25.3 Å². The number of carbonyl (C=O) groups is 1. The number of hydrogen-bond donors (Lipinski definition) is 0. The van der Waals surface area contributed by atoms with Crippen LogP contribution in [0.2, 0.25) is 0 Å². The lowest BCUT2D eigenvalue weighted by Gasteiger charge is -2.27. The number of nitrogens with zero attached hydrogens (tertiary/aromatic N) is 3. The Bertz CT molecular complexity index is 749. The molecular formula is C19H21N3O2. The fourth-order valence-corrected chi connectivity index (χ4v) is 2.55. The van der Waals surface area contributed by atoms with E-state index in [1.54, 1.807) is 4.90 Å². The van der Waals surface area contributed by atoms with Crippen LogP contribution in [0.5, 0.6) is 0 Å². The molecule has 1 heterocycles. The Hall–Kier alpha value is -2.82. The standard InChI is InChI=1S/C19H21N3O2/c1-14-4-6-15(7-5-14)12-22-18(23)13-24-20-19(22)16-8-10-17(11-9-16)21(2)3/h4-11H,12-13H2,1-3H3. The van der Waals surface area contributed by atoms with Crippen LogP contribution in [0.1, 0.15) is 16.7 Å². The molecule has 1 amide bonds. The van der Waals surface area contributed by atoms with Gasteiger partial charge in [0.15, 0.2) is 12.4 Å². The van der Waals surface area contributed by atoms with Crippen LogP contribution in [0.3, 0.4) is 0 Å². The van der Waals surface area contributed by atoms with E-state index < -0.39 is 0 Å². The summed E-state index contributed by atoms with van der Waals surface area (Å²) in [6.45, 7) is 2.50. The molecular weight excluding hydrogens is 302 g/mol. The molecule has 124 valence electrons. The quantitative estimate of drug-likeness (QED) is 0.869. The monoisotopic (exact) mass is 323 g/mol. The second-order valence-corrected chi connectivity index (χ2v) is 6.10. The van der Waals surface area contributed by atoms with Crippen molar-refractivity contribution in [2.24, 2.45) is 5.16 Å². The Morgan fingerprint density at radius 3 is 2.38 bits per heavy atom. The van der Waals surface area contributed by atoms with Crippen molar-refractivity contribution in [3.05, 3.63) is 65.2 Å². The van der Waals surface area contributed by atoms with Gasteiger partial charge in [0.1, 0.15) is 0 Å². The smallest absolute Gasteiger partial charge is 0.269 e. The molecule has 0 unspecified atom stereocenters. The highest BCUT2D eigenvalue weighted by Gasteiger charge is 2.26. The molecule has 0 saturated carbocycles. The van der Waals surface area contributed by atoms with Crippen molar-refractivity contribution >= 4 is 17.4 Å². The van der Waals surface area contributed by atoms with Crippen LogP contribution in [0.15, 0.2) is 53.7 Å². The highest BCUT2D eigenvalue weighted by atomic mass is 16.6. The van der Waals surface area contributed by atoms with Gasteiger partial charge in [-0.3, -0.25) is 9.69 Å². The molecule has 0 atom stereocenters. The van der Waals surface area contributed by atoms with Crippen LogP contribution in [0.25, 0.3) is 0 Å². The summed E-state index contributed by atoms with van der Waals surface area (Å²) in [4.78, 5) is 21.1. The molecule has 2 aromatic rings. The predicted molar refractivity (Wildman–Crippen MR) is 95.0 cm³/mol. The van der Waals surface area contributed by atoms with Crippen molar-refractivity contribution < 1.29 is 9.63 Å². The number of aryl methyl sites for hydroxylation is 1. The van der Waals surface area contributed by atoms with Gasteiger partial charge < -0.3 is 9.74 Å². The molecule has 24 heavy (non-hydrogen) atoms. The summed E-state index contributed by atoms with van der Waals surface area (Å²) in [5.41, 5.74) is 4.21. The zero-order valence-electron chi connectivity index (χ0n) is 14.2. The molecule has 0 radical (unpaired) electrons. The largest absolute Gasteiger partial charge is 0.384 e. The molecule has 0 spiro atoms. The van der Waals surface area contributed by atoms with E-state index in [1.807, 2.05) is 74.4 Å². The summed E-state index contributed by atoms with van der Waals surface area (Å²) in [5, 5.41) is 4.13. The van der Waals surface area contributed by atoms with E-state index >= 15 is 0 Å². The highest BCUT2D eigenvalue weighted by molar-refractivity contribution is 6.08. The molecule has 0 bridgehead atoms. The Labute approximate surface area is 142 Å². The van der Waals surface area contributed by atoms with Crippen molar-refractivity contribution in [1.29, 1.82) is 0 Å². The van der Waals surface area contributed by atoms with Crippen LogP contribution in [-0.2, 0) is 16.2 Å². The number of amides is 1. The lowest BCUT2D eigenvalue weighted by molar-refractivity contribution is -0.134. The Balaban J connectivity index is 1.87. The van der Waals surface area contributed by atoms with Gasteiger partial charge in [-0.1, -0.05) is 35.0 Å². The van der Waals surface area contributed by atoms with E-state index in [4.69, 9.17) is 4.84 Å². The minimum Gasteiger partial charge on any atom is -0.384 e. The minimum absolute atomic E-state index is 0.0227. The average molecular weight is 323 g/mol. The Morgan fingerprint density at radius 2 is 1.75 bits per heavy atom. The van der Waals surface area contributed by atoms with Gasteiger partial charge in [0.25, 0.3) is 5.91 Å². The first-order chi connectivity index (χ1) is 11.5. The van der Waals surface area contributed by atoms with Crippen LogP contribution >= 0.6 is 0 Å². The molecule has 1 aliphatic heterocycles. The first kappa shape index (κ1) is 16.1. The van der Waals surface area contributed by atoms with Gasteiger partial charge in [-0.05, 0) is 36.8 Å². The van der Waals surface area contributed by atoms with E-state index in [9.17, 15) is 4.79 Å². The molecule has 1 aliphatic rings. The molecule has 5 nitrogen and oxygen atoms in total. The van der Waals surface area contributed by atoms with E-state index in [-0.39, 0.29) is 12.5 Å². The van der Waals surface area contributed by atoms with Crippen LogP contribution < -0.4 is 4.90 Å². The number of anilines is 1. The molecule has 2 aromatic carbocycles. The van der Waals surface area contributed by atoms with Crippen molar-refractivity contribution in [3.63, 3.8) is 0 Å². The first-order valence-corrected chi connectivity index (χ1v) is 7.88. The summed E-state index contributed by atoms with van der Waals surface area (Å²) in [7, 11) is 3.98. The summed E-state index contributed by atoms with van der Waals surface area (Å²) in [6.07, 6.45) is 0. The molecule has 0 aromatic heterocycles. The third-order valence-electron chi connectivity index (χ3n) is 4.00. The lowest BCUT2D eigenvalue weighted by Crippen LogP contribution is -2.42. The Kier molecular flexibility index (Phi) is 4.51. The van der Waals surface area contributed by atoms with Crippen molar-refractivity contribution in [2.45, 2.75) is 13.5 Å². The summed E-state index contributed by atoms with van der Waals surface area (Å²) in [6, 6.07) is 16.1. The average Bonchev–Trinajstić information content (AvgIpc) is 2.58. The molecule has 5 heteroatoms. The molecule has 0 fully saturated rings. The Morgan fingerprint density at radius 1 is 1.08 bits per heavy atom. The minimum atomic E-state index is -0.0859. The number of amidine groups is 1. The molecule has 0 saturated heterocycles. The highest BCUT2D eigenvalue weighted by Crippen LogP contribution is 2.18. The molecule has 3 rings (SSSR count). The lowest BCUT2D eigenvalue weighted by atomic mass is 10.1. The summed E-state index contributed by atoms with van der Waals surface area (Å²) < 4.78 is 0. The topological polar surface area (TPSA) is 45.1 Å². The normalized spacial score (nSPS) is 14.2. The number of rotatable bonds is 4. The maximum Gasteiger partial charge on any atom is 0.269 e. The third-order valence-corrected chi connectivity index (χ3v) is 4.00. The number of carbonyl (C=O) groups excluding carboxylic acids is 1. The van der Waals surface area contributed by atoms with E-state index in [2.05, 4.69) is 5.16 Å². The maximum atomic E-state index is 12.3. The summed E-state index contributed by atoms with van der Waals surface area (Å²) in [5.74, 6) is 0.467. The second-order valence-electron chi connectivity index (χ2n) is 6.10. The molecule has 0 aliphatic carbocycles. The van der Waals surface area contributed by atoms with Crippen molar-refractivity contribution in [2.75, 3.05) is 25.6 Å². The van der Waals surface area contributed by atoms with Gasteiger partial charge in [0.05, 0.1) is 6.54 Å². The van der Waals surface area contributed by atoms with E-state index in [1.165, 1.54) is 5.56 Å². The third kappa shape index (κ3) is 3.40. The zero-order chi connectivity index (χ0) is 17.1. The second kappa shape index (κ2) is 6.74. The van der Waals surface area contributed by atoms with Gasteiger partial charge in [-0.2, -0.15) is 0 Å².